The van der Waals surface area contributed by atoms with Crippen molar-refractivity contribution in [2.24, 2.45) is 0 Å². The molecule has 1 saturated carbocycles. The van der Waals surface area contributed by atoms with Gasteiger partial charge in [-0.25, -0.2) is 0 Å². The Hall–Kier alpha value is -1.48. The van der Waals surface area contributed by atoms with Crippen LogP contribution in [0.15, 0.2) is 12.1 Å². The first kappa shape index (κ1) is 9.73. The van der Waals surface area contributed by atoms with Crippen LogP contribution in [0.2, 0.25) is 0 Å². The van der Waals surface area contributed by atoms with Crippen molar-refractivity contribution in [2.75, 3.05) is 0 Å². The third-order valence-corrected chi connectivity index (χ3v) is 3.63. The number of benzene rings is 1. The van der Waals surface area contributed by atoms with Crippen molar-refractivity contribution in [1.82, 2.24) is 4.98 Å². The molecular formula is C13H15NO2. The van der Waals surface area contributed by atoms with Crippen LogP contribution in [-0.2, 0) is 5.60 Å². The Labute approximate surface area is 93.7 Å². The standard InChI is InChI=1S/C13H15NO2/c1-7-8(2)14-9-3-4-10(15)12(11(7)9)13(16)5-6-13/h3-4,14-16H,5-6H2,1-2H3. The third-order valence-electron chi connectivity index (χ3n) is 3.63. The number of H-pyrrole nitrogens is 1. The van der Waals surface area contributed by atoms with Crippen molar-refractivity contribution >= 4 is 10.9 Å². The summed E-state index contributed by atoms with van der Waals surface area (Å²) in [6.45, 7) is 4.02. The predicted molar refractivity (Wildman–Crippen MR) is 62.6 cm³/mol. The van der Waals surface area contributed by atoms with Crippen molar-refractivity contribution in [3.8, 4) is 5.75 Å². The maximum atomic E-state index is 10.2. The van der Waals surface area contributed by atoms with E-state index in [2.05, 4.69) is 4.98 Å². The highest BCUT2D eigenvalue weighted by Gasteiger charge is 2.45. The van der Waals surface area contributed by atoms with Gasteiger partial charge in [-0.1, -0.05) is 0 Å². The first-order valence-electron chi connectivity index (χ1n) is 5.57. The summed E-state index contributed by atoms with van der Waals surface area (Å²) >= 11 is 0. The minimum absolute atomic E-state index is 0.203. The number of aromatic nitrogens is 1. The summed E-state index contributed by atoms with van der Waals surface area (Å²) in [5.74, 6) is 0.203. The Balaban J connectivity index is 2.44. The van der Waals surface area contributed by atoms with E-state index < -0.39 is 5.60 Å². The van der Waals surface area contributed by atoms with Crippen molar-refractivity contribution < 1.29 is 10.2 Å². The first-order valence-corrected chi connectivity index (χ1v) is 5.57. The average Bonchev–Trinajstić information content (AvgIpc) is 2.91. The van der Waals surface area contributed by atoms with Gasteiger partial charge < -0.3 is 15.2 Å². The molecule has 1 fully saturated rings. The van der Waals surface area contributed by atoms with E-state index in [0.29, 0.717) is 5.56 Å². The van der Waals surface area contributed by atoms with E-state index in [1.807, 2.05) is 19.9 Å². The van der Waals surface area contributed by atoms with Crippen LogP contribution < -0.4 is 0 Å². The minimum Gasteiger partial charge on any atom is -0.508 e. The van der Waals surface area contributed by atoms with E-state index >= 15 is 0 Å². The second kappa shape index (κ2) is 2.80. The van der Waals surface area contributed by atoms with Gasteiger partial charge in [0.25, 0.3) is 0 Å². The highest BCUT2D eigenvalue weighted by molar-refractivity contribution is 5.90. The molecule has 1 aromatic heterocycles. The molecule has 1 aromatic carbocycles. The van der Waals surface area contributed by atoms with Crippen LogP contribution in [0.25, 0.3) is 10.9 Å². The maximum Gasteiger partial charge on any atom is 0.122 e. The lowest BCUT2D eigenvalue weighted by atomic mass is 9.98. The molecule has 0 amide bonds. The van der Waals surface area contributed by atoms with Gasteiger partial charge in [-0.2, -0.15) is 0 Å². The highest BCUT2D eigenvalue weighted by atomic mass is 16.3. The van der Waals surface area contributed by atoms with Gasteiger partial charge in [-0.05, 0) is 44.4 Å². The molecule has 0 atom stereocenters. The fourth-order valence-corrected chi connectivity index (χ4v) is 2.41. The van der Waals surface area contributed by atoms with E-state index in [1.165, 1.54) is 0 Å². The predicted octanol–water partition coefficient (Wildman–Crippen LogP) is 2.47. The second-order valence-electron chi connectivity index (χ2n) is 4.79. The molecule has 3 N–H and O–H groups in total. The zero-order chi connectivity index (χ0) is 11.5. The number of aromatic hydroxyl groups is 1. The van der Waals surface area contributed by atoms with Crippen LogP contribution in [0.5, 0.6) is 5.75 Å². The number of rotatable bonds is 1. The molecule has 3 heteroatoms. The number of aromatic amines is 1. The van der Waals surface area contributed by atoms with Gasteiger partial charge in [0, 0.05) is 22.2 Å². The zero-order valence-electron chi connectivity index (χ0n) is 9.46. The Morgan fingerprint density at radius 1 is 1.25 bits per heavy atom. The zero-order valence-corrected chi connectivity index (χ0v) is 9.46. The Kier molecular flexibility index (Phi) is 1.70. The monoisotopic (exact) mass is 217 g/mol. The van der Waals surface area contributed by atoms with Crippen molar-refractivity contribution in [1.29, 1.82) is 0 Å². The van der Waals surface area contributed by atoms with Crippen LogP contribution in [0, 0.1) is 13.8 Å². The number of phenolic OH excluding ortho intramolecular Hbond substituents is 1. The van der Waals surface area contributed by atoms with Gasteiger partial charge in [0.1, 0.15) is 5.75 Å². The topological polar surface area (TPSA) is 56.2 Å². The van der Waals surface area contributed by atoms with E-state index in [-0.39, 0.29) is 5.75 Å². The van der Waals surface area contributed by atoms with Gasteiger partial charge in [0.15, 0.2) is 0 Å². The summed E-state index contributed by atoms with van der Waals surface area (Å²) in [6.07, 6.45) is 1.48. The summed E-state index contributed by atoms with van der Waals surface area (Å²) in [4.78, 5) is 3.27. The van der Waals surface area contributed by atoms with Crippen LogP contribution in [0.3, 0.4) is 0 Å². The molecule has 84 valence electrons. The molecule has 0 aliphatic heterocycles. The van der Waals surface area contributed by atoms with Crippen molar-refractivity contribution in [2.45, 2.75) is 32.3 Å². The van der Waals surface area contributed by atoms with E-state index in [0.717, 1.165) is 35.0 Å². The van der Waals surface area contributed by atoms with E-state index in [4.69, 9.17) is 0 Å². The van der Waals surface area contributed by atoms with Gasteiger partial charge in [-0.15, -0.1) is 0 Å². The fraction of sp³-hybridized carbons (Fsp3) is 0.385. The molecule has 3 nitrogen and oxygen atoms in total. The first-order chi connectivity index (χ1) is 7.53. The average molecular weight is 217 g/mol. The molecular weight excluding hydrogens is 202 g/mol. The number of fused-ring (bicyclic) bond motifs is 1. The molecule has 2 aromatic rings. The molecule has 0 unspecified atom stereocenters. The minimum atomic E-state index is -0.803. The Bertz CT molecular complexity index is 579. The van der Waals surface area contributed by atoms with E-state index in [1.54, 1.807) is 6.07 Å². The molecule has 3 rings (SSSR count). The Morgan fingerprint density at radius 2 is 1.94 bits per heavy atom. The summed E-state index contributed by atoms with van der Waals surface area (Å²) in [5, 5.41) is 21.2. The van der Waals surface area contributed by atoms with Crippen molar-refractivity contribution in [3.05, 3.63) is 29.0 Å². The van der Waals surface area contributed by atoms with Gasteiger partial charge in [-0.3, -0.25) is 0 Å². The summed E-state index contributed by atoms with van der Waals surface area (Å²) in [6, 6.07) is 3.52. The van der Waals surface area contributed by atoms with Crippen LogP contribution in [-0.4, -0.2) is 15.2 Å². The smallest absolute Gasteiger partial charge is 0.122 e. The van der Waals surface area contributed by atoms with Gasteiger partial charge >= 0.3 is 0 Å². The van der Waals surface area contributed by atoms with Gasteiger partial charge in [0.05, 0.1) is 5.60 Å². The molecule has 1 heterocycles. The lowest BCUT2D eigenvalue weighted by Gasteiger charge is -2.12. The third kappa shape index (κ3) is 1.12. The number of hydrogen-bond donors (Lipinski definition) is 3. The quantitative estimate of drug-likeness (QED) is 0.687. The number of nitrogens with one attached hydrogen (secondary N) is 1. The summed E-state index contributed by atoms with van der Waals surface area (Å²) in [5.41, 5.74) is 3.09. The molecule has 1 aliphatic carbocycles. The summed E-state index contributed by atoms with van der Waals surface area (Å²) < 4.78 is 0. The fourth-order valence-electron chi connectivity index (χ4n) is 2.41. The number of aryl methyl sites for hydroxylation is 2. The van der Waals surface area contributed by atoms with E-state index in [9.17, 15) is 10.2 Å². The lowest BCUT2D eigenvalue weighted by Crippen LogP contribution is -2.05. The molecule has 0 radical (unpaired) electrons. The Morgan fingerprint density at radius 3 is 2.56 bits per heavy atom. The SMILES string of the molecule is Cc1[nH]c2ccc(O)c(C3(O)CC3)c2c1C. The second-order valence-corrected chi connectivity index (χ2v) is 4.79. The molecule has 0 bridgehead atoms. The number of hydrogen-bond acceptors (Lipinski definition) is 2. The van der Waals surface area contributed by atoms with Crippen molar-refractivity contribution in [3.63, 3.8) is 0 Å². The molecule has 16 heavy (non-hydrogen) atoms. The lowest BCUT2D eigenvalue weighted by molar-refractivity contribution is 0.149. The van der Waals surface area contributed by atoms with Crippen LogP contribution in [0.1, 0.15) is 29.7 Å². The summed E-state index contributed by atoms with van der Waals surface area (Å²) in [7, 11) is 0. The molecule has 0 spiro atoms. The van der Waals surface area contributed by atoms with Crippen LogP contribution in [0.4, 0.5) is 0 Å². The van der Waals surface area contributed by atoms with Gasteiger partial charge in [0.2, 0.25) is 0 Å². The number of aliphatic hydroxyl groups is 1. The normalized spacial score (nSPS) is 17.9. The molecule has 1 aliphatic rings. The maximum absolute atomic E-state index is 10.2. The largest absolute Gasteiger partial charge is 0.508 e. The number of phenols is 1. The highest BCUT2D eigenvalue weighted by Crippen LogP contribution is 2.51. The molecule has 0 saturated heterocycles. The van der Waals surface area contributed by atoms with Crippen LogP contribution >= 0.6 is 0 Å².